The summed E-state index contributed by atoms with van der Waals surface area (Å²) in [5.41, 5.74) is 0.248. The first kappa shape index (κ1) is 17.6. The van der Waals surface area contributed by atoms with Crippen LogP contribution in [0.1, 0.15) is 5.56 Å². The molecule has 0 fully saturated rings. The van der Waals surface area contributed by atoms with Crippen LogP contribution < -0.4 is 4.72 Å². The van der Waals surface area contributed by atoms with Gasteiger partial charge in [0, 0.05) is 22.2 Å². The molecule has 0 aliphatic heterocycles. The van der Waals surface area contributed by atoms with Crippen LogP contribution in [0, 0.1) is 17.0 Å². The molecule has 2 aromatic rings. The first-order valence-electron chi connectivity index (χ1n) is 6.36. The normalized spacial score (nSPS) is 11.3. The summed E-state index contributed by atoms with van der Waals surface area (Å²) in [5.74, 6) is 0. The van der Waals surface area contributed by atoms with Crippen molar-refractivity contribution in [3.8, 4) is 0 Å². The molecule has 0 amide bonds. The number of thioether (sulfide) groups is 1. The number of nitrogens with one attached hydrogen (secondary N) is 1. The van der Waals surface area contributed by atoms with Gasteiger partial charge < -0.3 is 0 Å². The topological polar surface area (TPSA) is 89.3 Å². The van der Waals surface area contributed by atoms with Crippen molar-refractivity contribution < 1.29 is 13.3 Å². The summed E-state index contributed by atoms with van der Waals surface area (Å²) in [6, 6.07) is 8.98. The van der Waals surface area contributed by atoms with Crippen molar-refractivity contribution >= 4 is 44.8 Å². The van der Waals surface area contributed by atoms with Crippen molar-refractivity contribution in [2.75, 3.05) is 11.0 Å². The number of nitro benzene ring substituents is 1. The van der Waals surface area contributed by atoms with Crippen molar-refractivity contribution in [3.63, 3.8) is 0 Å². The highest BCUT2D eigenvalue weighted by Crippen LogP contribution is 2.30. The summed E-state index contributed by atoms with van der Waals surface area (Å²) in [4.78, 5) is 11.1. The molecule has 23 heavy (non-hydrogen) atoms. The van der Waals surface area contributed by atoms with Crippen molar-refractivity contribution in [2.24, 2.45) is 0 Å². The number of nitrogens with zero attached hydrogens (tertiary/aromatic N) is 1. The number of sulfonamides is 1. The van der Waals surface area contributed by atoms with Gasteiger partial charge in [0.2, 0.25) is 0 Å². The van der Waals surface area contributed by atoms with E-state index in [4.69, 9.17) is 11.6 Å². The number of hydrogen-bond donors (Lipinski definition) is 1. The van der Waals surface area contributed by atoms with Gasteiger partial charge in [-0.15, -0.1) is 11.8 Å². The largest absolute Gasteiger partial charge is 0.280 e. The fourth-order valence-corrected chi connectivity index (χ4v) is 3.65. The molecule has 0 aliphatic rings. The fourth-order valence-electron chi connectivity index (χ4n) is 1.86. The maximum atomic E-state index is 12.4. The highest BCUT2D eigenvalue weighted by Gasteiger charge is 2.22. The Hall–Kier alpha value is -1.77. The first-order valence-corrected chi connectivity index (χ1v) is 9.44. The first-order chi connectivity index (χ1) is 10.7. The van der Waals surface area contributed by atoms with Gasteiger partial charge in [-0.05, 0) is 43.5 Å². The van der Waals surface area contributed by atoms with Gasteiger partial charge in [-0.25, -0.2) is 8.42 Å². The van der Waals surface area contributed by atoms with Gasteiger partial charge in [0.25, 0.3) is 15.7 Å². The molecule has 0 radical (unpaired) electrons. The van der Waals surface area contributed by atoms with E-state index < -0.39 is 14.9 Å². The Morgan fingerprint density at radius 2 is 1.83 bits per heavy atom. The Bertz CT molecular complexity index is 852. The Balaban J connectivity index is 2.41. The standard InChI is InChI=1S/C14H13ClN2O4S2/c1-9-13(15)7-12(8-14(9)17(18)19)23(20,21)16-10-3-5-11(22-2)6-4-10/h3-8,16H,1-2H3. The predicted octanol–water partition coefficient (Wildman–Crippen LogP) is 4.08. The van der Waals surface area contributed by atoms with Crippen LogP contribution in [0.25, 0.3) is 0 Å². The van der Waals surface area contributed by atoms with Crippen LogP contribution >= 0.6 is 23.4 Å². The highest BCUT2D eigenvalue weighted by molar-refractivity contribution is 7.98. The van der Waals surface area contributed by atoms with Crippen molar-refractivity contribution in [1.82, 2.24) is 0 Å². The molecule has 0 spiro atoms. The zero-order valence-corrected chi connectivity index (χ0v) is 14.6. The quantitative estimate of drug-likeness (QED) is 0.485. The van der Waals surface area contributed by atoms with E-state index in [2.05, 4.69) is 4.72 Å². The SMILES string of the molecule is CSc1ccc(NS(=O)(=O)c2cc(Cl)c(C)c([N+](=O)[O-])c2)cc1. The second-order valence-corrected chi connectivity index (χ2v) is 7.61. The Labute approximate surface area is 143 Å². The second kappa shape index (κ2) is 6.77. The molecule has 0 aliphatic carbocycles. The van der Waals surface area contributed by atoms with Crippen LogP contribution in [-0.2, 0) is 10.0 Å². The number of benzene rings is 2. The maximum absolute atomic E-state index is 12.4. The number of nitro groups is 1. The molecule has 0 saturated heterocycles. The minimum Gasteiger partial charge on any atom is -0.280 e. The summed E-state index contributed by atoms with van der Waals surface area (Å²) < 4.78 is 27.2. The molecular weight excluding hydrogens is 360 g/mol. The lowest BCUT2D eigenvalue weighted by Crippen LogP contribution is -2.13. The molecule has 0 atom stereocenters. The van der Waals surface area contributed by atoms with Crippen molar-refractivity contribution in [2.45, 2.75) is 16.7 Å². The van der Waals surface area contributed by atoms with Gasteiger partial charge >= 0.3 is 0 Å². The molecule has 9 heteroatoms. The predicted molar refractivity (Wildman–Crippen MR) is 91.9 cm³/mol. The monoisotopic (exact) mass is 372 g/mol. The molecule has 0 saturated carbocycles. The van der Waals surface area contributed by atoms with Crippen molar-refractivity contribution in [1.29, 1.82) is 0 Å². The number of halogens is 1. The highest BCUT2D eigenvalue weighted by atomic mass is 35.5. The van der Waals surface area contributed by atoms with E-state index in [1.165, 1.54) is 24.8 Å². The van der Waals surface area contributed by atoms with E-state index in [1.54, 1.807) is 24.3 Å². The van der Waals surface area contributed by atoms with Gasteiger partial charge in [-0.2, -0.15) is 0 Å². The molecule has 2 rings (SSSR count). The number of hydrogen-bond acceptors (Lipinski definition) is 5. The van der Waals surface area contributed by atoms with Crippen LogP contribution in [-0.4, -0.2) is 19.6 Å². The molecular formula is C14H13ClN2O4S2. The van der Waals surface area contributed by atoms with E-state index in [1.807, 2.05) is 6.26 Å². The van der Waals surface area contributed by atoms with E-state index in [0.717, 1.165) is 11.0 Å². The van der Waals surface area contributed by atoms with Crippen LogP contribution in [0.4, 0.5) is 11.4 Å². The third-order valence-electron chi connectivity index (χ3n) is 3.14. The number of rotatable bonds is 5. The minimum absolute atomic E-state index is 0.0253. The molecule has 0 heterocycles. The lowest BCUT2D eigenvalue weighted by molar-refractivity contribution is -0.385. The molecule has 0 aromatic heterocycles. The molecule has 1 N–H and O–H groups in total. The molecule has 0 unspecified atom stereocenters. The van der Waals surface area contributed by atoms with Gasteiger partial charge in [-0.1, -0.05) is 11.6 Å². The third kappa shape index (κ3) is 3.95. The summed E-state index contributed by atoms with van der Waals surface area (Å²) in [6.45, 7) is 1.46. The smallest absolute Gasteiger partial charge is 0.275 e. The lowest BCUT2D eigenvalue weighted by atomic mass is 10.2. The van der Waals surface area contributed by atoms with Crippen molar-refractivity contribution in [3.05, 3.63) is 57.1 Å². The Kier molecular flexibility index (Phi) is 5.18. The summed E-state index contributed by atoms with van der Waals surface area (Å²) in [6.07, 6.45) is 1.91. The zero-order valence-electron chi connectivity index (χ0n) is 12.2. The van der Waals surface area contributed by atoms with E-state index in [9.17, 15) is 18.5 Å². The zero-order chi connectivity index (χ0) is 17.2. The molecule has 2 aromatic carbocycles. The summed E-state index contributed by atoms with van der Waals surface area (Å²) >= 11 is 7.44. The summed E-state index contributed by atoms with van der Waals surface area (Å²) in [7, 11) is -3.97. The Morgan fingerprint density at radius 1 is 1.22 bits per heavy atom. The van der Waals surface area contributed by atoms with E-state index in [0.29, 0.717) is 5.69 Å². The fraction of sp³-hybridized carbons (Fsp3) is 0.143. The van der Waals surface area contributed by atoms with E-state index >= 15 is 0 Å². The third-order valence-corrected chi connectivity index (χ3v) is 5.64. The van der Waals surface area contributed by atoms with Crippen LogP contribution in [0.3, 0.4) is 0 Å². The van der Waals surface area contributed by atoms with Gasteiger partial charge in [0.1, 0.15) is 0 Å². The molecule has 122 valence electrons. The Morgan fingerprint density at radius 3 is 2.35 bits per heavy atom. The second-order valence-electron chi connectivity index (χ2n) is 4.64. The average Bonchev–Trinajstić information content (AvgIpc) is 2.49. The van der Waals surface area contributed by atoms with Gasteiger partial charge in [-0.3, -0.25) is 14.8 Å². The minimum atomic E-state index is -3.97. The summed E-state index contributed by atoms with van der Waals surface area (Å²) in [5, 5.41) is 11.0. The van der Waals surface area contributed by atoms with Crippen LogP contribution in [0.2, 0.25) is 5.02 Å². The van der Waals surface area contributed by atoms with Gasteiger partial charge in [0.05, 0.1) is 14.8 Å². The molecule has 0 bridgehead atoms. The van der Waals surface area contributed by atoms with Gasteiger partial charge in [0.15, 0.2) is 0 Å². The maximum Gasteiger partial charge on any atom is 0.275 e. The van der Waals surface area contributed by atoms with Crippen LogP contribution in [0.15, 0.2) is 46.2 Å². The van der Waals surface area contributed by atoms with Crippen LogP contribution in [0.5, 0.6) is 0 Å². The average molecular weight is 373 g/mol. The lowest BCUT2D eigenvalue weighted by Gasteiger charge is -2.10. The molecule has 6 nitrogen and oxygen atoms in total. The van der Waals surface area contributed by atoms with E-state index in [-0.39, 0.29) is 21.2 Å². The number of anilines is 1.